The van der Waals surface area contributed by atoms with Gasteiger partial charge in [-0.2, -0.15) is 0 Å². The first kappa shape index (κ1) is 16.6. The summed E-state index contributed by atoms with van der Waals surface area (Å²) in [4.78, 5) is 3.68. The van der Waals surface area contributed by atoms with Crippen molar-refractivity contribution in [1.29, 1.82) is 0 Å². The van der Waals surface area contributed by atoms with Crippen LogP contribution in [-0.2, 0) is 6.42 Å². The monoisotopic (exact) mass is 322 g/mol. The van der Waals surface area contributed by atoms with Crippen LogP contribution in [0.2, 0.25) is 0 Å². The summed E-state index contributed by atoms with van der Waals surface area (Å²) in [5.74, 6) is 0.881. The lowest BCUT2D eigenvalue weighted by Crippen LogP contribution is -1.99. The highest BCUT2D eigenvalue weighted by molar-refractivity contribution is 5.93. The average Bonchev–Trinajstić information content (AvgIpc) is 2.98. The van der Waals surface area contributed by atoms with Crippen molar-refractivity contribution in [2.24, 2.45) is 5.73 Å². The van der Waals surface area contributed by atoms with Crippen molar-refractivity contribution in [3.63, 3.8) is 0 Å². The molecule has 0 spiro atoms. The van der Waals surface area contributed by atoms with E-state index in [0.717, 1.165) is 31.6 Å². The fourth-order valence-electron chi connectivity index (χ4n) is 3.27. The van der Waals surface area contributed by atoms with Crippen LogP contribution in [0.1, 0.15) is 29.5 Å². The molecule has 0 fully saturated rings. The molecule has 0 atom stereocenters. The van der Waals surface area contributed by atoms with E-state index in [1.807, 2.05) is 12.1 Å². The van der Waals surface area contributed by atoms with Crippen molar-refractivity contribution in [3.8, 4) is 17.0 Å². The van der Waals surface area contributed by atoms with Gasteiger partial charge in [0.05, 0.1) is 7.11 Å². The predicted octanol–water partition coefficient (Wildman–Crippen LogP) is 4.74. The normalized spacial score (nSPS) is 11.2. The molecule has 3 nitrogen and oxygen atoms in total. The number of aromatic nitrogens is 1. The molecule has 1 aromatic heterocycles. The number of ether oxygens (including phenoxy) is 1. The molecule has 0 amide bonds. The highest BCUT2D eigenvalue weighted by atomic mass is 16.5. The standard InChI is InChI=1S/C21H26N2O/c1-14-7-12-19-18(6-4-5-13-22)21(23-20(19)15(14)2)16-8-10-17(24-3)11-9-16/h7-12,23H,4-6,13,22H2,1-3H3. The van der Waals surface area contributed by atoms with Crippen molar-refractivity contribution in [3.05, 3.63) is 53.1 Å². The number of hydrogen-bond acceptors (Lipinski definition) is 2. The molecule has 126 valence electrons. The summed E-state index contributed by atoms with van der Waals surface area (Å²) in [6.45, 7) is 5.10. The SMILES string of the molecule is COc1ccc(-c2[nH]c3c(C)c(C)ccc3c2CCCCN)cc1. The molecule has 3 heteroatoms. The number of methoxy groups -OCH3 is 1. The number of hydrogen-bond donors (Lipinski definition) is 2. The third-order valence-corrected chi connectivity index (χ3v) is 4.87. The maximum atomic E-state index is 5.68. The third-order valence-electron chi connectivity index (χ3n) is 4.87. The quantitative estimate of drug-likeness (QED) is 0.644. The van der Waals surface area contributed by atoms with Crippen LogP contribution in [0, 0.1) is 13.8 Å². The van der Waals surface area contributed by atoms with Crippen LogP contribution < -0.4 is 10.5 Å². The summed E-state index contributed by atoms with van der Waals surface area (Å²) in [5, 5.41) is 1.33. The first-order valence-electron chi connectivity index (χ1n) is 8.61. The van der Waals surface area contributed by atoms with Gasteiger partial charge in [0.15, 0.2) is 0 Å². The predicted molar refractivity (Wildman–Crippen MR) is 102 cm³/mol. The second kappa shape index (κ2) is 7.10. The summed E-state index contributed by atoms with van der Waals surface area (Å²) in [5.41, 5.74) is 13.4. The first-order chi connectivity index (χ1) is 11.7. The molecule has 3 N–H and O–H groups in total. The maximum absolute atomic E-state index is 5.68. The maximum Gasteiger partial charge on any atom is 0.118 e. The van der Waals surface area contributed by atoms with Crippen LogP contribution in [0.5, 0.6) is 5.75 Å². The summed E-state index contributed by atoms with van der Waals surface area (Å²) < 4.78 is 5.28. The number of benzene rings is 2. The van der Waals surface area contributed by atoms with Crippen LogP contribution in [0.3, 0.4) is 0 Å². The smallest absolute Gasteiger partial charge is 0.118 e. The summed E-state index contributed by atoms with van der Waals surface area (Å²) in [6, 6.07) is 12.7. The third kappa shape index (κ3) is 3.04. The largest absolute Gasteiger partial charge is 0.497 e. The van der Waals surface area contributed by atoms with Gasteiger partial charge in [-0.15, -0.1) is 0 Å². The molecule has 0 aliphatic heterocycles. The van der Waals surface area contributed by atoms with Gasteiger partial charge in [-0.1, -0.05) is 12.1 Å². The molecular weight excluding hydrogens is 296 g/mol. The number of rotatable bonds is 6. The average molecular weight is 322 g/mol. The number of fused-ring (bicyclic) bond motifs is 1. The van der Waals surface area contributed by atoms with Crippen LogP contribution >= 0.6 is 0 Å². The Bertz CT molecular complexity index is 831. The Labute approximate surface area is 143 Å². The lowest BCUT2D eigenvalue weighted by molar-refractivity contribution is 0.415. The van der Waals surface area contributed by atoms with Gasteiger partial charge in [0.2, 0.25) is 0 Å². The lowest BCUT2D eigenvalue weighted by atomic mass is 9.98. The molecule has 3 rings (SSSR count). The van der Waals surface area contributed by atoms with Crippen LogP contribution in [0.25, 0.3) is 22.2 Å². The Morgan fingerprint density at radius 3 is 2.42 bits per heavy atom. The van der Waals surface area contributed by atoms with E-state index >= 15 is 0 Å². The van der Waals surface area contributed by atoms with Gasteiger partial charge in [-0.05, 0) is 86.2 Å². The minimum absolute atomic E-state index is 0.748. The van der Waals surface area contributed by atoms with Gasteiger partial charge in [-0.3, -0.25) is 0 Å². The molecule has 0 aliphatic rings. The summed E-state index contributed by atoms with van der Waals surface area (Å²) in [7, 11) is 1.70. The number of aryl methyl sites for hydroxylation is 3. The zero-order valence-electron chi connectivity index (χ0n) is 14.8. The summed E-state index contributed by atoms with van der Waals surface area (Å²) in [6.07, 6.45) is 3.21. The second-order valence-electron chi connectivity index (χ2n) is 6.38. The van der Waals surface area contributed by atoms with E-state index in [-0.39, 0.29) is 0 Å². The highest BCUT2D eigenvalue weighted by Gasteiger charge is 2.15. The molecule has 0 aliphatic carbocycles. The number of unbranched alkanes of at least 4 members (excludes halogenated alkanes) is 1. The fraction of sp³-hybridized carbons (Fsp3) is 0.333. The van der Waals surface area contributed by atoms with Crippen LogP contribution in [-0.4, -0.2) is 18.6 Å². The Morgan fingerprint density at radius 2 is 1.75 bits per heavy atom. The van der Waals surface area contributed by atoms with E-state index in [2.05, 4.69) is 43.1 Å². The zero-order valence-corrected chi connectivity index (χ0v) is 14.8. The second-order valence-corrected chi connectivity index (χ2v) is 6.38. The Hall–Kier alpha value is -2.26. The summed E-state index contributed by atoms with van der Waals surface area (Å²) >= 11 is 0. The van der Waals surface area contributed by atoms with Crippen LogP contribution in [0.15, 0.2) is 36.4 Å². The van der Waals surface area contributed by atoms with E-state index in [4.69, 9.17) is 10.5 Å². The molecule has 1 heterocycles. The van der Waals surface area contributed by atoms with Gasteiger partial charge < -0.3 is 15.5 Å². The fourth-order valence-corrected chi connectivity index (χ4v) is 3.27. The van der Waals surface area contributed by atoms with Gasteiger partial charge in [0.1, 0.15) is 5.75 Å². The van der Waals surface area contributed by atoms with E-state index in [1.54, 1.807) is 7.11 Å². The van der Waals surface area contributed by atoms with Gasteiger partial charge in [0, 0.05) is 16.6 Å². The van der Waals surface area contributed by atoms with Crippen molar-refractivity contribution < 1.29 is 4.74 Å². The number of aromatic amines is 1. The number of nitrogens with two attached hydrogens (primary N) is 1. The number of H-pyrrole nitrogens is 1. The van der Waals surface area contributed by atoms with E-state index in [9.17, 15) is 0 Å². The van der Waals surface area contributed by atoms with E-state index in [0.29, 0.717) is 0 Å². The molecule has 0 unspecified atom stereocenters. The van der Waals surface area contributed by atoms with Gasteiger partial charge in [0.25, 0.3) is 0 Å². The Balaban J connectivity index is 2.13. The van der Waals surface area contributed by atoms with Crippen molar-refractivity contribution in [2.75, 3.05) is 13.7 Å². The van der Waals surface area contributed by atoms with Crippen molar-refractivity contribution >= 4 is 10.9 Å². The molecule has 3 aromatic rings. The topological polar surface area (TPSA) is 51.0 Å². The molecule has 0 saturated heterocycles. The van der Waals surface area contributed by atoms with Crippen molar-refractivity contribution in [2.45, 2.75) is 33.1 Å². The van der Waals surface area contributed by atoms with Crippen molar-refractivity contribution in [1.82, 2.24) is 4.98 Å². The highest BCUT2D eigenvalue weighted by Crippen LogP contribution is 2.34. The van der Waals surface area contributed by atoms with E-state index < -0.39 is 0 Å². The zero-order chi connectivity index (χ0) is 17.1. The Kier molecular flexibility index (Phi) is 4.91. The first-order valence-corrected chi connectivity index (χ1v) is 8.61. The lowest BCUT2D eigenvalue weighted by Gasteiger charge is -2.06. The molecule has 0 saturated carbocycles. The minimum Gasteiger partial charge on any atom is -0.497 e. The van der Waals surface area contributed by atoms with Gasteiger partial charge >= 0.3 is 0 Å². The molecule has 0 radical (unpaired) electrons. The van der Waals surface area contributed by atoms with Gasteiger partial charge in [-0.25, -0.2) is 0 Å². The molecule has 0 bridgehead atoms. The molecule has 2 aromatic carbocycles. The minimum atomic E-state index is 0.748. The van der Waals surface area contributed by atoms with Crippen LogP contribution in [0.4, 0.5) is 0 Å². The molecular formula is C21H26N2O. The number of nitrogens with one attached hydrogen (secondary N) is 1. The molecule has 24 heavy (non-hydrogen) atoms. The Morgan fingerprint density at radius 1 is 1.00 bits per heavy atom. The van der Waals surface area contributed by atoms with E-state index in [1.165, 1.54) is 38.9 Å².